The molecule has 18 heavy (non-hydrogen) atoms. The average molecular weight is 290 g/mol. The minimum absolute atomic E-state index is 0.0954. The number of carbonyl (C=O) groups is 1. The normalized spacial score (nSPS) is 14.1. The third-order valence-corrected chi connectivity index (χ3v) is 3.15. The molecule has 100 valence electrons. The average Bonchev–Trinajstić information content (AvgIpc) is 2.29. The van der Waals surface area contributed by atoms with Crippen molar-refractivity contribution >= 4 is 29.1 Å². The molecule has 0 heterocycles. The van der Waals surface area contributed by atoms with Crippen molar-refractivity contribution in [2.45, 2.75) is 26.4 Å². The second kappa shape index (κ2) is 6.98. The van der Waals surface area contributed by atoms with Gasteiger partial charge in [-0.05, 0) is 31.0 Å². The van der Waals surface area contributed by atoms with Crippen LogP contribution in [0.15, 0.2) is 18.2 Å². The Hall–Kier alpha value is -0.770. The summed E-state index contributed by atoms with van der Waals surface area (Å²) in [6.07, 6.45) is 0.00188. The zero-order valence-corrected chi connectivity index (χ0v) is 11.9. The summed E-state index contributed by atoms with van der Waals surface area (Å²) < 4.78 is 0. The van der Waals surface area contributed by atoms with Crippen LogP contribution in [0.5, 0.6) is 0 Å². The van der Waals surface area contributed by atoms with E-state index < -0.39 is 6.10 Å². The van der Waals surface area contributed by atoms with Crippen LogP contribution in [-0.4, -0.2) is 23.7 Å². The third-order valence-electron chi connectivity index (χ3n) is 2.56. The highest BCUT2D eigenvalue weighted by molar-refractivity contribution is 6.35. The number of benzene rings is 1. The summed E-state index contributed by atoms with van der Waals surface area (Å²) >= 11 is 11.9. The van der Waals surface area contributed by atoms with Crippen molar-refractivity contribution in [3.8, 4) is 0 Å². The Morgan fingerprint density at radius 1 is 1.39 bits per heavy atom. The van der Waals surface area contributed by atoms with Crippen LogP contribution in [0.2, 0.25) is 10.0 Å². The summed E-state index contributed by atoms with van der Waals surface area (Å²) in [6.45, 7) is 3.71. The predicted molar refractivity (Wildman–Crippen MR) is 74.0 cm³/mol. The summed E-state index contributed by atoms with van der Waals surface area (Å²) in [5.74, 6) is -0.302. The third kappa shape index (κ3) is 4.84. The molecular weight excluding hydrogens is 273 g/mol. The van der Waals surface area contributed by atoms with E-state index in [1.165, 1.54) is 0 Å². The SMILES string of the molecule is CC(O)CNC(=O)C(C)Cc1ccc(Cl)cc1Cl. The Morgan fingerprint density at radius 2 is 2.06 bits per heavy atom. The molecule has 0 aliphatic carbocycles. The maximum atomic E-state index is 11.7. The number of amides is 1. The molecule has 0 saturated heterocycles. The van der Waals surface area contributed by atoms with Gasteiger partial charge < -0.3 is 10.4 Å². The van der Waals surface area contributed by atoms with Crippen LogP contribution in [0.3, 0.4) is 0 Å². The quantitative estimate of drug-likeness (QED) is 0.876. The van der Waals surface area contributed by atoms with E-state index in [0.29, 0.717) is 16.5 Å². The van der Waals surface area contributed by atoms with Crippen LogP contribution in [0, 0.1) is 5.92 Å². The second-order valence-corrected chi connectivity index (χ2v) is 5.28. The van der Waals surface area contributed by atoms with Gasteiger partial charge in [0.05, 0.1) is 6.10 Å². The van der Waals surface area contributed by atoms with Gasteiger partial charge in [0.1, 0.15) is 0 Å². The molecule has 2 atom stereocenters. The number of hydrogen-bond donors (Lipinski definition) is 2. The lowest BCUT2D eigenvalue weighted by Gasteiger charge is -2.14. The van der Waals surface area contributed by atoms with Crippen molar-refractivity contribution in [1.29, 1.82) is 0 Å². The molecule has 0 aliphatic rings. The summed E-state index contributed by atoms with van der Waals surface area (Å²) in [7, 11) is 0. The molecular formula is C13H17Cl2NO2. The Morgan fingerprint density at radius 3 is 2.61 bits per heavy atom. The summed E-state index contributed by atoms with van der Waals surface area (Å²) in [6, 6.07) is 5.24. The highest BCUT2D eigenvalue weighted by Gasteiger charge is 2.15. The van der Waals surface area contributed by atoms with Gasteiger partial charge in [-0.15, -0.1) is 0 Å². The number of rotatable bonds is 5. The fraction of sp³-hybridized carbons (Fsp3) is 0.462. The Kier molecular flexibility index (Phi) is 5.93. The zero-order chi connectivity index (χ0) is 13.7. The number of halogens is 2. The van der Waals surface area contributed by atoms with E-state index in [0.717, 1.165) is 5.56 Å². The number of aliphatic hydroxyl groups is 1. The van der Waals surface area contributed by atoms with Crippen molar-refractivity contribution in [1.82, 2.24) is 5.32 Å². The van der Waals surface area contributed by atoms with Crippen LogP contribution in [0.1, 0.15) is 19.4 Å². The zero-order valence-electron chi connectivity index (χ0n) is 10.4. The summed E-state index contributed by atoms with van der Waals surface area (Å²) in [5.41, 5.74) is 0.890. The summed E-state index contributed by atoms with van der Waals surface area (Å²) in [5, 5.41) is 12.9. The number of aliphatic hydroxyl groups excluding tert-OH is 1. The van der Waals surface area contributed by atoms with E-state index in [9.17, 15) is 4.79 Å². The van der Waals surface area contributed by atoms with E-state index in [2.05, 4.69) is 5.32 Å². The molecule has 1 aromatic carbocycles. The largest absolute Gasteiger partial charge is 0.392 e. The van der Waals surface area contributed by atoms with Gasteiger partial charge in [0.15, 0.2) is 0 Å². The van der Waals surface area contributed by atoms with Crippen molar-refractivity contribution < 1.29 is 9.90 Å². The topological polar surface area (TPSA) is 49.3 Å². The maximum absolute atomic E-state index is 11.7. The second-order valence-electron chi connectivity index (χ2n) is 4.44. The van der Waals surface area contributed by atoms with Gasteiger partial charge in [0.2, 0.25) is 5.91 Å². The van der Waals surface area contributed by atoms with Crippen LogP contribution in [0.4, 0.5) is 0 Å². The minimum Gasteiger partial charge on any atom is -0.392 e. The molecule has 1 rings (SSSR count). The molecule has 3 nitrogen and oxygen atoms in total. The molecule has 2 unspecified atom stereocenters. The van der Waals surface area contributed by atoms with Gasteiger partial charge in [-0.25, -0.2) is 0 Å². The van der Waals surface area contributed by atoms with Crippen molar-refractivity contribution in [2.75, 3.05) is 6.54 Å². The number of carbonyl (C=O) groups excluding carboxylic acids is 1. The van der Waals surface area contributed by atoms with Crippen molar-refractivity contribution in [3.63, 3.8) is 0 Å². The molecule has 0 aromatic heterocycles. The summed E-state index contributed by atoms with van der Waals surface area (Å²) in [4.78, 5) is 11.7. The monoisotopic (exact) mass is 289 g/mol. The van der Waals surface area contributed by atoms with Gasteiger partial charge in [-0.1, -0.05) is 36.2 Å². The minimum atomic E-state index is -0.541. The van der Waals surface area contributed by atoms with E-state index in [1.54, 1.807) is 19.1 Å². The van der Waals surface area contributed by atoms with Crippen LogP contribution < -0.4 is 5.32 Å². The highest BCUT2D eigenvalue weighted by atomic mass is 35.5. The lowest BCUT2D eigenvalue weighted by atomic mass is 10.0. The van der Waals surface area contributed by atoms with Crippen LogP contribution in [-0.2, 0) is 11.2 Å². The van der Waals surface area contributed by atoms with Gasteiger partial charge in [0.25, 0.3) is 0 Å². The Labute approximate surface area is 117 Å². The molecule has 1 aromatic rings. The lowest BCUT2D eigenvalue weighted by molar-refractivity contribution is -0.124. The first-order valence-electron chi connectivity index (χ1n) is 5.80. The molecule has 1 amide bonds. The maximum Gasteiger partial charge on any atom is 0.223 e. The van der Waals surface area contributed by atoms with Gasteiger partial charge in [-0.2, -0.15) is 0 Å². The van der Waals surface area contributed by atoms with E-state index >= 15 is 0 Å². The fourth-order valence-electron chi connectivity index (χ4n) is 1.53. The van der Waals surface area contributed by atoms with Crippen molar-refractivity contribution in [3.05, 3.63) is 33.8 Å². The predicted octanol–water partition coefficient (Wildman–Crippen LogP) is 2.67. The molecule has 5 heteroatoms. The molecule has 0 bridgehead atoms. The first-order valence-corrected chi connectivity index (χ1v) is 6.55. The van der Waals surface area contributed by atoms with Crippen LogP contribution in [0.25, 0.3) is 0 Å². The first kappa shape index (κ1) is 15.3. The smallest absolute Gasteiger partial charge is 0.223 e. The molecule has 0 radical (unpaired) electrons. The Balaban J connectivity index is 2.58. The standard InChI is InChI=1S/C13H17Cl2NO2/c1-8(13(18)16-7-9(2)17)5-10-3-4-11(14)6-12(10)15/h3-4,6,8-9,17H,5,7H2,1-2H3,(H,16,18). The van der Waals surface area contributed by atoms with Gasteiger partial charge >= 0.3 is 0 Å². The Bertz CT molecular complexity index is 421. The molecule has 0 aliphatic heterocycles. The van der Waals surface area contributed by atoms with E-state index in [1.807, 2.05) is 13.0 Å². The number of nitrogens with one attached hydrogen (secondary N) is 1. The van der Waals surface area contributed by atoms with Gasteiger partial charge in [-0.3, -0.25) is 4.79 Å². The molecule has 0 saturated carbocycles. The fourth-order valence-corrected chi connectivity index (χ4v) is 2.02. The highest BCUT2D eigenvalue weighted by Crippen LogP contribution is 2.23. The molecule has 0 spiro atoms. The number of hydrogen-bond acceptors (Lipinski definition) is 2. The molecule has 0 fully saturated rings. The van der Waals surface area contributed by atoms with Gasteiger partial charge in [0, 0.05) is 22.5 Å². The van der Waals surface area contributed by atoms with Crippen molar-refractivity contribution in [2.24, 2.45) is 5.92 Å². The molecule has 2 N–H and O–H groups in total. The van der Waals surface area contributed by atoms with Crippen LogP contribution >= 0.6 is 23.2 Å². The van der Waals surface area contributed by atoms with E-state index in [4.69, 9.17) is 28.3 Å². The first-order chi connectivity index (χ1) is 8.40. The van der Waals surface area contributed by atoms with E-state index in [-0.39, 0.29) is 18.4 Å². The lowest BCUT2D eigenvalue weighted by Crippen LogP contribution is -2.35.